The highest BCUT2D eigenvalue weighted by atomic mass is 32.2. The average molecular weight is 309 g/mol. The largest absolute Gasteiger partial charge is 0.353 e. The van der Waals surface area contributed by atoms with Crippen LogP contribution in [0.5, 0.6) is 0 Å². The maximum atomic E-state index is 12.1. The lowest BCUT2D eigenvalue weighted by atomic mass is 10.2. The molecule has 6 nitrogen and oxygen atoms in total. The summed E-state index contributed by atoms with van der Waals surface area (Å²) in [6.45, 7) is 3.49. The molecule has 0 bridgehead atoms. The van der Waals surface area contributed by atoms with Gasteiger partial charge in [-0.1, -0.05) is 17.9 Å². The predicted molar refractivity (Wildman–Crippen MR) is 80.8 cm³/mol. The van der Waals surface area contributed by atoms with E-state index in [-0.39, 0.29) is 29.9 Å². The minimum absolute atomic E-state index is 0.0446. The van der Waals surface area contributed by atoms with Crippen LogP contribution in [0.1, 0.15) is 19.4 Å². The molecule has 0 aliphatic rings. The minimum Gasteiger partial charge on any atom is -0.353 e. The van der Waals surface area contributed by atoms with Crippen LogP contribution < -0.4 is 15.8 Å². The van der Waals surface area contributed by atoms with E-state index >= 15 is 0 Å². The van der Waals surface area contributed by atoms with Crippen molar-refractivity contribution in [3.05, 3.63) is 29.8 Å². The van der Waals surface area contributed by atoms with Crippen molar-refractivity contribution >= 4 is 15.9 Å². The first-order valence-corrected chi connectivity index (χ1v) is 7.91. The van der Waals surface area contributed by atoms with Crippen LogP contribution in [-0.4, -0.2) is 33.5 Å². The molecular formula is C14H19N3O3S. The number of sulfonamides is 1. The molecule has 0 atom stereocenters. The van der Waals surface area contributed by atoms with Crippen LogP contribution in [-0.2, 0) is 14.8 Å². The monoisotopic (exact) mass is 309 g/mol. The van der Waals surface area contributed by atoms with Gasteiger partial charge in [0.2, 0.25) is 15.9 Å². The summed E-state index contributed by atoms with van der Waals surface area (Å²) < 4.78 is 26.4. The van der Waals surface area contributed by atoms with Gasteiger partial charge in [-0.3, -0.25) is 4.79 Å². The summed E-state index contributed by atoms with van der Waals surface area (Å²) in [7, 11) is -3.75. The molecule has 7 heteroatoms. The second-order valence-corrected chi connectivity index (χ2v) is 6.35. The highest BCUT2D eigenvalue weighted by Gasteiger charge is 2.15. The first-order chi connectivity index (χ1) is 9.85. The molecular weight excluding hydrogens is 290 g/mol. The number of rotatable bonds is 5. The van der Waals surface area contributed by atoms with E-state index in [9.17, 15) is 13.2 Å². The van der Waals surface area contributed by atoms with Crippen LogP contribution in [0.3, 0.4) is 0 Å². The van der Waals surface area contributed by atoms with Crippen LogP contribution in [0.25, 0.3) is 0 Å². The molecule has 0 aliphatic carbocycles. The third-order valence-electron chi connectivity index (χ3n) is 2.35. The summed E-state index contributed by atoms with van der Waals surface area (Å²) in [6, 6.07) is 6.11. The molecule has 1 aromatic carbocycles. The van der Waals surface area contributed by atoms with E-state index in [0.717, 1.165) is 0 Å². The summed E-state index contributed by atoms with van der Waals surface area (Å²) in [4.78, 5) is 11.5. The van der Waals surface area contributed by atoms with Gasteiger partial charge in [-0.05, 0) is 32.0 Å². The van der Waals surface area contributed by atoms with Crippen LogP contribution >= 0.6 is 0 Å². The van der Waals surface area contributed by atoms with Crippen molar-refractivity contribution in [1.82, 2.24) is 10.0 Å². The summed E-state index contributed by atoms with van der Waals surface area (Å²) in [5.41, 5.74) is 5.82. The van der Waals surface area contributed by atoms with Crippen LogP contribution in [0.4, 0.5) is 0 Å². The fourth-order valence-electron chi connectivity index (χ4n) is 1.51. The fraction of sp³-hybridized carbons (Fsp3) is 0.357. The van der Waals surface area contributed by atoms with E-state index in [1.165, 1.54) is 12.1 Å². The third-order valence-corrected chi connectivity index (χ3v) is 3.75. The van der Waals surface area contributed by atoms with Crippen molar-refractivity contribution < 1.29 is 13.2 Å². The second-order valence-electron chi connectivity index (χ2n) is 4.58. The number of nitrogens with two attached hydrogens (primary N) is 1. The maximum Gasteiger partial charge on any atom is 0.241 e. The van der Waals surface area contributed by atoms with E-state index in [2.05, 4.69) is 21.9 Å². The first kappa shape index (κ1) is 17.2. The fourth-order valence-corrected chi connectivity index (χ4v) is 2.54. The Kier molecular flexibility index (Phi) is 6.37. The van der Waals surface area contributed by atoms with Crippen LogP contribution in [0, 0.1) is 11.8 Å². The van der Waals surface area contributed by atoms with Crippen LogP contribution in [0.15, 0.2) is 29.2 Å². The number of carbonyl (C=O) groups is 1. The Bertz CT molecular complexity index is 658. The van der Waals surface area contributed by atoms with E-state index in [0.29, 0.717) is 5.56 Å². The highest BCUT2D eigenvalue weighted by Crippen LogP contribution is 2.10. The average Bonchev–Trinajstić information content (AvgIpc) is 2.43. The van der Waals surface area contributed by atoms with Gasteiger partial charge in [-0.15, -0.1) is 0 Å². The van der Waals surface area contributed by atoms with Gasteiger partial charge in [-0.25, -0.2) is 13.1 Å². The van der Waals surface area contributed by atoms with Gasteiger partial charge in [0.05, 0.1) is 18.0 Å². The molecule has 0 aromatic heterocycles. The van der Waals surface area contributed by atoms with Gasteiger partial charge in [0, 0.05) is 11.6 Å². The number of nitrogens with one attached hydrogen (secondary N) is 2. The molecule has 1 aromatic rings. The molecule has 0 spiro atoms. The zero-order valence-electron chi connectivity index (χ0n) is 12.0. The third kappa shape index (κ3) is 5.95. The number of hydrogen-bond acceptors (Lipinski definition) is 4. The summed E-state index contributed by atoms with van der Waals surface area (Å²) in [5, 5.41) is 2.60. The topological polar surface area (TPSA) is 101 Å². The van der Waals surface area contributed by atoms with Crippen molar-refractivity contribution in [3.63, 3.8) is 0 Å². The van der Waals surface area contributed by atoms with Crippen LogP contribution in [0.2, 0.25) is 0 Å². The zero-order valence-corrected chi connectivity index (χ0v) is 12.8. The molecule has 114 valence electrons. The molecule has 21 heavy (non-hydrogen) atoms. The van der Waals surface area contributed by atoms with Crippen molar-refractivity contribution in [1.29, 1.82) is 0 Å². The van der Waals surface area contributed by atoms with Gasteiger partial charge in [0.25, 0.3) is 0 Å². The molecule has 1 amide bonds. The number of carbonyl (C=O) groups excluding carboxylic acids is 1. The van der Waals surface area contributed by atoms with Gasteiger partial charge in [-0.2, -0.15) is 0 Å². The Morgan fingerprint density at radius 1 is 1.38 bits per heavy atom. The lowest BCUT2D eigenvalue weighted by molar-refractivity contribution is -0.120. The van der Waals surface area contributed by atoms with Gasteiger partial charge in [0.1, 0.15) is 0 Å². The summed E-state index contributed by atoms with van der Waals surface area (Å²) in [5.74, 6) is 5.03. The molecule has 4 N–H and O–H groups in total. The van der Waals surface area contributed by atoms with Crippen molar-refractivity contribution in [3.8, 4) is 11.8 Å². The Morgan fingerprint density at radius 2 is 2.10 bits per heavy atom. The van der Waals surface area contributed by atoms with Crippen molar-refractivity contribution in [2.45, 2.75) is 24.8 Å². The molecule has 0 unspecified atom stereocenters. The van der Waals surface area contributed by atoms with Crippen molar-refractivity contribution in [2.75, 3.05) is 13.1 Å². The first-order valence-electron chi connectivity index (χ1n) is 6.43. The predicted octanol–water partition coefficient (Wildman–Crippen LogP) is -0.200. The van der Waals surface area contributed by atoms with Gasteiger partial charge in [0.15, 0.2) is 0 Å². The highest BCUT2D eigenvalue weighted by molar-refractivity contribution is 7.89. The maximum absolute atomic E-state index is 12.1. The minimum atomic E-state index is -3.75. The lowest BCUT2D eigenvalue weighted by Gasteiger charge is -2.10. The number of benzene rings is 1. The standard InChI is InChI=1S/C14H19N3O3S/c1-11(2)17-14(18)10-16-21(19,20)13-7-3-5-12(9-13)6-4-8-15/h3,5,7,9,11,16H,8,10,15H2,1-2H3,(H,17,18). The Hall–Kier alpha value is -1.88. The summed E-state index contributed by atoms with van der Waals surface area (Å²) >= 11 is 0. The van der Waals surface area contributed by atoms with Gasteiger partial charge < -0.3 is 11.1 Å². The van der Waals surface area contributed by atoms with E-state index in [1.807, 2.05) is 0 Å². The molecule has 0 radical (unpaired) electrons. The molecule has 0 aliphatic heterocycles. The quantitative estimate of drug-likeness (QED) is 0.656. The van der Waals surface area contributed by atoms with E-state index < -0.39 is 10.0 Å². The molecule has 0 fully saturated rings. The van der Waals surface area contributed by atoms with E-state index in [4.69, 9.17) is 5.73 Å². The molecule has 0 saturated carbocycles. The lowest BCUT2D eigenvalue weighted by Crippen LogP contribution is -2.39. The molecule has 0 saturated heterocycles. The smallest absolute Gasteiger partial charge is 0.241 e. The Labute approximate surface area is 125 Å². The van der Waals surface area contributed by atoms with Gasteiger partial charge >= 0.3 is 0 Å². The number of hydrogen-bond donors (Lipinski definition) is 3. The summed E-state index contributed by atoms with van der Waals surface area (Å²) in [6.07, 6.45) is 0. The Balaban J connectivity index is 2.81. The SMILES string of the molecule is CC(C)NC(=O)CNS(=O)(=O)c1cccc(C#CCN)c1. The molecule has 0 heterocycles. The normalized spacial score (nSPS) is 10.9. The second kappa shape index (κ2) is 7.78. The van der Waals surface area contributed by atoms with Crippen molar-refractivity contribution in [2.24, 2.45) is 5.73 Å². The molecule has 1 rings (SSSR count). The van der Waals surface area contributed by atoms with E-state index in [1.54, 1.807) is 26.0 Å². The number of amides is 1. The Morgan fingerprint density at radius 3 is 2.71 bits per heavy atom. The zero-order chi connectivity index (χ0) is 15.9.